The van der Waals surface area contributed by atoms with E-state index >= 15 is 0 Å². The van der Waals surface area contributed by atoms with Gasteiger partial charge in [0.15, 0.2) is 0 Å². The molecule has 0 bridgehead atoms. The minimum absolute atomic E-state index is 0.0293. The van der Waals surface area contributed by atoms with Gasteiger partial charge in [0.2, 0.25) is 0 Å². The molecule has 2 aromatic heterocycles. The first-order valence-corrected chi connectivity index (χ1v) is 11.7. The highest BCUT2D eigenvalue weighted by Gasteiger charge is 2.40. The molecule has 0 radical (unpaired) electrons. The van der Waals surface area contributed by atoms with Gasteiger partial charge in [0, 0.05) is 33.6 Å². The number of amides is 1. The molecule has 162 valence electrons. The largest absolute Gasteiger partial charge is 0.467 e. The maximum atomic E-state index is 13.6. The molecule has 0 N–H and O–H groups in total. The normalized spacial score (nSPS) is 15.4. The van der Waals surface area contributed by atoms with Gasteiger partial charge in [0.25, 0.3) is 5.91 Å². The maximum absolute atomic E-state index is 13.6. The van der Waals surface area contributed by atoms with Gasteiger partial charge in [-0.2, -0.15) is 0 Å². The number of furan rings is 1. The van der Waals surface area contributed by atoms with E-state index < -0.39 is 0 Å². The van der Waals surface area contributed by atoms with Gasteiger partial charge in [-0.1, -0.05) is 64.5 Å². The molecule has 6 rings (SSSR count). The molecule has 0 saturated heterocycles. The highest BCUT2D eigenvalue weighted by atomic mass is 79.9. The Bertz CT molecular complexity index is 1480. The number of nitrogens with zero attached hydrogens (tertiary/aromatic N) is 2. The second-order valence-electron chi connectivity index (χ2n) is 8.35. The van der Waals surface area contributed by atoms with Crippen molar-refractivity contribution in [3.05, 3.63) is 118 Å². The number of rotatable bonds is 4. The Morgan fingerprint density at radius 2 is 1.67 bits per heavy atom. The summed E-state index contributed by atoms with van der Waals surface area (Å²) in [6, 6.07) is 28.3. The van der Waals surface area contributed by atoms with Crippen LogP contribution in [0.2, 0.25) is 0 Å². The molecule has 0 saturated carbocycles. The predicted octanol–water partition coefficient (Wildman–Crippen LogP) is 6.95. The number of carbonyl (C=O) groups is 1. The summed E-state index contributed by atoms with van der Waals surface area (Å²) in [5.74, 6) is 0.799. The number of carbonyl (C=O) groups excluding carboxylic acids is 1. The van der Waals surface area contributed by atoms with Crippen LogP contribution in [0, 0.1) is 0 Å². The Hall–Kier alpha value is -3.57. The van der Waals surface area contributed by atoms with Crippen molar-refractivity contribution in [2.24, 2.45) is 7.05 Å². The van der Waals surface area contributed by atoms with Crippen LogP contribution in [0.3, 0.4) is 0 Å². The fourth-order valence-electron chi connectivity index (χ4n) is 5.07. The van der Waals surface area contributed by atoms with Gasteiger partial charge in [-0.25, -0.2) is 0 Å². The molecule has 1 aliphatic heterocycles. The monoisotopic (exact) mass is 496 g/mol. The average molecular weight is 497 g/mol. The second kappa shape index (κ2) is 7.78. The fourth-order valence-corrected chi connectivity index (χ4v) is 5.34. The zero-order valence-electron chi connectivity index (χ0n) is 18.0. The van der Waals surface area contributed by atoms with E-state index in [1.807, 2.05) is 35.2 Å². The van der Waals surface area contributed by atoms with Crippen LogP contribution >= 0.6 is 15.9 Å². The third-order valence-corrected chi connectivity index (χ3v) is 7.03. The van der Waals surface area contributed by atoms with Crippen molar-refractivity contribution in [2.75, 3.05) is 0 Å². The molecule has 4 nitrogen and oxygen atoms in total. The van der Waals surface area contributed by atoms with Crippen LogP contribution in [0.4, 0.5) is 0 Å². The van der Waals surface area contributed by atoms with Gasteiger partial charge in [-0.3, -0.25) is 4.79 Å². The Morgan fingerprint density at radius 3 is 2.45 bits per heavy atom. The number of hydrogen-bond acceptors (Lipinski definition) is 2. The minimum atomic E-state index is -0.219. The summed E-state index contributed by atoms with van der Waals surface area (Å²) >= 11 is 3.56. The lowest BCUT2D eigenvalue weighted by Crippen LogP contribution is -2.28. The fraction of sp³-hybridized carbons (Fsp3) is 0.107. The van der Waals surface area contributed by atoms with Gasteiger partial charge in [0.05, 0.1) is 24.5 Å². The van der Waals surface area contributed by atoms with Gasteiger partial charge < -0.3 is 13.9 Å². The number of hydrogen-bond donors (Lipinski definition) is 0. The van der Waals surface area contributed by atoms with Crippen molar-refractivity contribution in [1.82, 2.24) is 9.47 Å². The lowest BCUT2D eigenvalue weighted by atomic mass is 9.93. The molecule has 0 unspecified atom stereocenters. The van der Waals surface area contributed by atoms with Gasteiger partial charge in [0.1, 0.15) is 5.76 Å². The van der Waals surface area contributed by atoms with E-state index in [9.17, 15) is 4.79 Å². The molecule has 0 spiro atoms. The van der Waals surface area contributed by atoms with Crippen LogP contribution in [-0.4, -0.2) is 15.4 Å². The Morgan fingerprint density at radius 1 is 0.909 bits per heavy atom. The predicted molar refractivity (Wildman–Crippen MR) is 133 cm³/mol. The molecule has 0 fully saturated rings. The molecular formula is C28H21BrN2O2. The van der Waals surface area contributed by atoms with E-state index in [-0.39, 0.29) is 11.9 Å². The quantitative estimate of drug-likeness (QED) is 0.270. The minimum Gasteiger partial charge on any atom is -0.467 e. The van der Waals surface area contributed by atoms with Crippen molar-refractivity contribution in [2.45, 2.75) is 12.6 Å². The zero-order valence-corrected chi connectivity index (χ0v) is 19.6. The first-order valence-electron chi connectivity index (χ1n) is 10.9. The van der Waals surface area contributed by atoms with E-state index in [1.54, 1.807) is 6.26 Å². The van der Waals surface area contributed by atoms with Gasteiger partial charge >= 0.3 is 0 Å². The van der Waals surface area contributed by atoms with Crippen LogP contribution in [0.25, 0.3) is 22.2 Å². The number of halogens is 1. The van der Waals surface area contributed by atoms with Crippen LogP contribution < -0.4 is 0 Å². The number of fused-ring (bicyclic) bond motifs is 2. The lowest BCUT2D eigenvalue weighted by Gasteiger charge is -2.26. The highest BCUT2D eigenvalue weighted by molar-refractivity contribution is 9.10. The SMILES string of the molecule is Cn1c(-c2ccc(Br)cc2)c([C@@H]2c3ccccc3C(=O)N2Cc2ccco2)c2ccccc21. The van der Waals surface area contributed by atoms with Crippen LogP contribution in [0.1, 0.15) is 33.3 Å². The van der Waals surface area contributed by atoms with Crippen LogP contribution in [0.5, 0.6) is 0 Å². The molecule has 1 amide bonds. The number of benzene rings is 3. The van der Waals surface area contributed by atoms with Crippen LogP contribution in [0.15, 0.2) is 100 Å². The third kappa shape index (κ3) is 3.15. The summed E-state index contributed by atoms with van der Waals surface area (Å²) in [6.45, 7) is 0.411. The summed E-state index contributed by atoms with van der Waals surface area (Å²) in [5, 5.41) is 1.15. The summed E-state index contributed by atoms with van der Waals surface area (Å²) in [5.41, 5.74) is 6.29. The molecule has 1 atom stereocenters. The third-order valence-electron chi connectivity index (χ3n) is 6.50. The van der Waals surface area contributed by atoms with Crippen molar-refractivity contribution >= 4 is 32.7 Å². The van der Waals surface area contributed by atoms with Crippen LogP contribution in [-0.2, 0) is 13.6 Å². The van der Waals surface area contributed by atoms with E-state index in [0.717, 1.165) is 49.1 Å². The molecule has 5 aromatic rings. The molecule has 1 aliphatic rings. The lowest BCUT2D eigenvalue weighted by molar-refractivity contribution is 0.0724. The summed E-state index contributed by atoms with van der Waals surface area (Å²) < 4.78 is 8.92. The Labute approximate surface area is 200 Å². The van der Waals surface area contributed by atoms with Crippen molar-refractivity contribution in [3.8, 4) is 11.3 Å². The molecule has 3 heterocycles. The molecular weight excluding hydrogens is 476 g/mol. The first-order chi connectivity index (χ1) is 16.1. The number of aromatic nitrogens is 1. The smallest absolute Gasteiger partial charge is 0.255 e. The number of aryl methyl sites for hydroxylation is 1. The van der Waals surface area contributed by atoms with Gasteiger partial charge in [-0.15, -0.1) is 0 Å². The molecule has 3 aromatic carbocycles. The molecule has 5 heteroatoms. The maximum Gasteiger partial charge on any atom is 0.255 e. The second-order valence-corrected chi connectivity index (χ2v) is 9.26. The summed E-state index contributed by atoms with van der Waals surface area (Å²) in [6.07, 6.45) is 1.66. The Kier molecular flexibility index (Phi) is 4.73. The van der Waals surface area contributed by atoms with E-state index in [0.29, 0.717) is 6.54 Å². The standard InChI is InChI=1S/C28H21BrN2O2/c1-30-24-11-5-4-10-23(24)25(26(30)18-12-14-19(29)15-13-18)27-21-8-2-3-9-22(21)28(32)31(27)17-20-7-6-16-33-20/h2-16,27H,17H2,1H3/t27-/m0/s1. The van der Waals surface area contributed by atoms with Gasteiger partial charge in [-0.05, 0) is 47.5 Å². The van der Waals surface area contributed by atoms with E-state index in [2.05, 4.69) is 82.1 Å². The first kappa shape index (κ1) is 20.1. The molecule has 0 aliphatic carbocycles. The number of para-hydroxylation sites is 1. The van der Waals surface area contributed by atoms with Crippen molar-refractivity contribution < 1.29 is 9.21 Å². The van der Waals surface area contributed by atoms with E-state index in [1.165, 1.54) is 0 Å². The van der Waals surface area contributed by atoms with E-state index in [4.69, 9.17) is 4.42 Å². The average Bonchev–Trinajstić information content (AvgIpc) is 3.52. The molecule has 33 heavy (non-hydrogen) atoms. The van der Waals surface area contributed by atoms with Crippen molar-refractivity contribution in [1.29, 1.82) is 0 Å². The topological polar surface area (TPSA) is 38.4 Å². The summed E-state index contributed by atoms with van der Waals surface area (Å²) in [7, 11) is 2.10. The highest BCUT2D eigenvalue weighted by Crippen LogP contribution is 2.47. The zero-order chi connectivity index (χ0) is 22.5. The summed E-state index contributed by atoms with van der Waals surface area (Å²) in [4.78, 5) is 15.6. The van der Waals surface area contributed by atoms with Crippen molar-refractivity contribution in [3.63, 3.8) is 0 Å². The Balaban J connectivity index is 1.65.